The predicted molar refractivity (Wildman–Crippen MR) is 225 cm³/mol. The van der Waals surface area contributed by atoms with Crippen LogP contribution in [0.25, 0.3) is 55.6 Å². The number of rotatable bonds is 2. The van der Waals surface area contributed by atoms with Gasteiger partial charge in [0.1, 0.15) is 11.9 Å². The van der Waals surface area contributed by atoms with Gasteiger partial charge in [-0.2, -0.15) is 0 Å². The van der Waals surface area contributed by atoms with Gasteiger partial charge in [-0.05, 0) is 117 Å². The minimum Gasteiger partial charge on any atom is -0.485 e. The largest absolute Gasteiger partial charge is 0.485 e. The van der Waals surface area contributed by atoms with Crippen LogP contribution in [0.2, 0.25) is 0 Å². The summed E-state index contributed by atoms with van der Waals surface area (Å²) in [5, 5.41) is 8.02. The maximum atomic E-state index is 6.60. The molecule has 0 fully saturated rings. The van der Waals surface area contributed by atoms with Crippen LogP contribution >= 0.6 is 0 Å². The van der Waals surface area contributed by atoms with Crippen molar-refractivity contribution in [3.05, 3.63) is 171 Å². The summed E-state index contributed by atoms with van der Waals surface area (Å²) in [4.78, 5) is 0. The van der Waals surface area contributed by atoms with Gasteiger partial charge in [-0.1, -0.05) is 157 Å². The first-order chi connectivity index (χ1) is 25.5. The summed E-state index contributed by atoms with van der Waals surface area (Å²) in [5.41, 5.74) is 15.2. The fraction of sp³-hybridized carbons (Fsp3) is 0.231. The first kappa shape index (κ1) is 31.2. The normalized spacial score (nSPS) is 22.4. The molecule has 6 aromatic carbocycles. The van der Waals surface area contributed by atoms with E-state index in [9.17, 15) is 0 Å². The maximum absolute atomic E-state index is 6.60. The SMILES string of the molecule is CC(C)(C)c1cc2c3c(c1)C=CC1C(c4ccc5c(c4)C4C=C(c6ccc7ccc8cc(C(C)(C)C)cc9ccc6c7c89)C=CC4O5)=CC=C(C=C2)C31. The Morgan fingerprint density at radius 2 is 1.30 bits per heavy atom. The Bertz CT molecular complexity index is 2760. The molecular weight excluding hydrogens is 641 g/mol. The topological polar surface area (TPSA) is 9.23 Å². The Hall–Kier alpha value is -5.40. The molecule has 0 N–H and O–H groups in total. The van der Waals surface area contributed by atoms with Crippen molar-refractivity contribution in [1.82, 2.24) is 0 Å². The smallest absolute Gasteiger partial charge is 0.128 e. The van der Waals surface area contributed by atoms with Crippen LogP contribution in [0.1, 0.15) is 97.9 Å². The number of ether oxygens (including phenoxy) is 1. The van der Waals surface area contributed by atoms with Crippen molar-refractivity contribution in [2.75, 3.05) is 0 Å². The molecule has 0 bridgehead atoms. The molecule has 1 nitrogen and oxygen atoms in total. The molecule has 0 aromatic heterocycles. The van der Waals surface area contributed by atoms with Crippen molar-refractivity contribution < 1.29 is 4.74 Å². The van der Waals surface area contributed by atoms with Crippen LogP contribution < -0.4 is 4.74 Å². The zero-order valence-electron chi connectivity index (χ0n) is 31.4. The first-order valence-corrected chi connectivity index (χ1v) is 19.4. The molecule has 258 valence electrons. The lowest BCUT2D eigenvalue weighted by atomic mass is 9.64. The number of hydrogen-bond donors (Lipinski definition) is 0. The van der Waals surface area contributed by atoms with Crippen LogP contribution in [-0.4, -0.2) is 6.10 Å². The molecule has 1 heterocycles. The fourth-order valence-electron chi connectivity index (χ4n) is 9.92. The number of benzene rings is 6. The van der Waals surface area contributed by atoms with E-state index in [-0.39, 0.29) is 22.9 Å². The molecule has 11 rings (SSSR count). The quantitative estimate of drug-likeness (QED) is 0.165. The van der Waals surface area contributed by atoms with Crippen molar-refractivity contribution in [3.63, 3.8) is 0 Å². The lowest BCUT2D eigenvalue weighted by molar-refractivity contribution is 0.269. The highest BCUT2D eigenvalue weighted by Crippen LogP contribution is 2.53. The molecule has 6 aromatic rings. The van der Waals surface area contributed by atoms with Gasteiger partial charge in [-0.3, -0.25) is 0 Å². The molecule has 0 radical (unpaired) electrons. The Labute approximate surface area is 312 Å². The number of hydrogen-bond acceptors (Lipinski definition) is 1. The second-order valence-electron chi connectivity index (χ2n) is 18.1. The second kappa shape index (κ2) is 10.6. The molecule has 53 heavy (non-hydrogen) atoms. The van der Waals surface area contributed by atoms with Crippen molar-refractivity contribution in [3.8, 4) is 5.75 Å². The third-order valence-electron chi connectivity index (χ3n) is 12.8. The predicted octanol–water partition coefficient (Wildman–Crippen LogP) is 13.5. The Morgan fingerprint density at radius 1 is 0.585 bits per heavy atom. The highest BCUT2D eigenvalue weighted by Gasteiger charge is 2.39. The van der Waals surface area contributed by atoms with Crippen molar-refractivity contribution >= 4 is 55.6 Å². The van der Waals surface area contributed by atoms with E-state index >= 15 is 0 Å². The van der Waals surface area contributed by atoms with Crippen LogP contribution in [-0.2, 0) is 10.8 Å². The van der Waals surface area contributed by atoms with E-state index in [4.69, 9.17) is 4.74 Å². The van der Waals surface area contributed by atoms with Crippen molar-refractivity contribution in [2.24, 2.45) is 5.92 Å². The van der Waals surface area contributed by atoms with E-state index in [1.165, 1.54) is 93.5 Å². The highest BCUT2D eigenvalue weighted by molar-refractivity contribution is 6.25. The molecule has 0 spiro atoms. The van der Waals surface area contributed by atoms with Gasteiger partial charge in [0.15, 0.2) is 0 Å². The Morgan fingerprint density at radius 3 is 2.09 bits per heavy atom. The lowest BCUT2D eigenvalue weighted by Gasteiger charge is -2.39. The molecule has 5 aliphatic rings. The van der Waals surface area contributed by atoms with Crippen LogP contribution in [0.3, 0.4) is 0 Å². The summed E-state index contributed by atoms with van der Waals surface area (Å²) in [6.07, 6.45) is 21.3. The average molecular weight is 685 g/mol. The van der Waals surface area contributed by atoms with Gasteiger partial charge in [-0.15, -0.1) is 0 Å². The number of fused-ring (bicyclic) bond motifs is 3. The minimum atomic E-state index is 0.0101. The Kier molecular flexibility index (Phi) is 6.23. The third-order valence-corrected chi connectivity index (χ3v) is 12.8. The average Bonchev–Trinajstić information content (AvgIpc) is 3.52. The summed E-state index contributed by atoms with van der Waals surface area (Å²) in [6, 6.07) is 30.5. The molecule has 4 atom stereocenters. The van der Waals surface area contributed by atoms with Crippen LogP contribution in [0, 0.1) is 5.92 Å². The minimum absolute atomic E-state index is 0.0101. The molecule has 1 heteroatoms. The monoisotopic (exact) mass is 684 g/mol. The van der Waals surface area contributed by atoms with E-state index in [0.29, 0.717) is 11.8 Å². The Balaban J connectivity index is 0.980. The van der Waals surface area contributed by atoms with Gasteiger partial charge in [0.25, 0.3) is 0 Å². The van der Waals surface area contributed by atoms with E-state index in [2.05, 4.69) is 175 Å². The summed E-state index contributed by atoms with van der Waals surface area (Å²) >= 11 is 0. The highest BCUT2D eigenvalue weighted by atomic mass is 16.5. The van der Waals surface area contributed by atoms with E-state index < -0.39 is 0 Å². The van der Waals surface area contributed by atoms with Crippen molar-refractivity contribution in [1.29, 1.82) is 0 Å². The summed E-state index contributed by atoms with van der Waals surface area (Å²) < 4.78 is 6.60. The summed E-state index contributed by atoms with van der Waals surface area (Å²) in [5.74, 6) is 1.82. The lowest BCUT2D eigenvalue weighted by Crippen LogP contribution is -2.24. The standard InChI is InChI=1S/C52H44O/c1-51(2,3)37-23-33-9-7-29-11-17-39(41-19-13-35(25-37)47(33)49(29)41)31-15-21-45-43(27-31)44-28-32(16-22-46(44)53-45)40-18-12-30-8-10-34-24-38(52(4,5)6)26-36-14-20-42(40)50(30)48(34)36/h7-28,41,44,46,49H,1-6H3. The van der Waals surface area contributed by atoms with Gasteiger partial charge < -0.3 is 4.74 Å². The van der Waals surface area contributed by atoms with Gasteiger partial charge in [-0.25, -0.2) is 0 Å². The third kappa shape index (κ3) is 4.56. The van der Waals surface area contributed by atoms with Crippen molar-refractivity contribution in [2.45, 2.75) is 70.3 Å². The number of allylic oxidation sites excluding steroid dienone is 8. The van der Waals surface area contributed by atoms with Crippen LogP contribution in [0.15, 0.2) is 127 Å². The molecular formula is C52H44O. The zero-order valence-corrected chi connectivity index (χ0v) is 31.4. The second-order valence-corrected chi connectivity index (χ2v) is 18.1. The fourth-order valence-corrected chi connectivity index (χ4v) is 9.92. The summed E-state index contributed by atoms with van der Waals surface area (Å²) in [7, 11) is 0. The van der Waals surface area contributed by atoms with E-state index in [1.807, 2.05) is 0 Å². The van der Waals surface area contributed by atoms with Gasteiger partial charge in [0, 0.05) is 23.3 Å². The molecule has 0 saturated heterocycles. The molecule has 4 unspecified atom stereocenters. The molecule has 0 amide bonds. The van der Waals surface area contributed by atoms with Crippen LogP contribution in [0.4, 0.5) is 0 Å². The van der Waals surface area contributed by atoms with Gasteiger partial charge in [0.2, 0.25) is 0 Å². The maximum Gasteiger partial charge on any atom is 0.128 e. The van der Waals surface area contributed by atoms with E-state index in [0.717, 1.165) is 5.75 Å². The molecule has 1 aliphatic heterocycles. The zero-order chi connectivity index (χ0) is 36.0. The summed E-state index contributed by atoms with van der Waals surface area (Å²) in [6.45, 7) is 13.8. The first-order valence-electron chi connectivity index (χ1n) is 19.4. The van der Waals surface area contributed by atoms with Gasteiger partial charge in [0.05, 0.1) is 0 Å². The molecule has 4 aliphatic carbocycles. The van der Waals surface area contributed by atoms with E-state index in [1.54, 1.807) is 0 Å². The molecule has 0 saturated carbocycles. The van der Waals surface area contributed by atoms with Gasteiger partial charge >= 0.3 is 0 Å². The van der Waals surface area contributed by atoms with Crippen LogP contribution in [0.5, 0.6) is 5.75 Å².